The zero-order valence-electron chi connectivity index (χ0n) is 10.1. The summed E-state index contributed by atoms with van der Waals surface area (Å²) in [5.41, 5.74) is 8.19. The molecule has 0 aliphatic carbocycles. The fraction of sp³-hybridized carbons (Fsp3) is 0.538. The smallest absolute Gasteiger partial charge is 0.119 e. The Kier molecular flexibility index (Phi) is 3.75. The summed E-state index contributed by atoms with van der Waals surface area (Å²) in [5, 5.41) is 0. The van der Waals surface area contributed by atoms with Gasteiger partial charge in [0.1, 0.15) is 5.75 Å². The SMILES string of the molecule is Cc1cc(C)cc(OCCC(C)(C)N)c1. The van der Waals surface area contributed by atoms with E-state index in [9.17, 15) is 0 Å². The highest BCUT2D eigenvalue weighted by Crippen LogP contribution is 2.17. The Morgan fingerprint density at radius 2 is 1.67 bits per heavy atom. The Bertz CT molecular complexity index is 306. The number of hydrogen-bond acceptors (Lipinski definition) is 2. The van der Waals surface area contributed by atoms with Gasteiger partial charge in [-0.25, -0.2) is 0 Å². The molecule has 0 saturated heterocycles. The molecule has 0 heterocycles. The lowest BCUT2D eigenvalue weighted by Gasteiger charge is -2.18. The second kappa shape index (κ2) is 4.67. The first-order chi connectivity index (χ1) is 6.87. The standard InChI is InChI=1S/C13H21NO/c1-10-7-11(2)9-12(8-10)15-6-5-13(3,4)14/h7-9H,5-6,14H2,1-4H3. The van der Waals surface area contributed by atoms with Crippen LogP contribution in [-0.2, 0) is 0 Å². The third-order valence-electron chi connectivity index (χ3n) is 2.21. The van der Waals surface area contributed by atoms with Crippen molar-refractivity contribution in [2.75, 3.05) is 6.61 Å². The van der Waals surface area contributed by atoms with Gasteiger partial charge in [-0.1, -0.05) is 6.07 Å². The number of aryl methyl sites for hydroxylation is 2. The molecule has 0 fully saturated rings. The third kappa shape index (κ3) is 4.84. The van der Waals surface area contributed by atoms with Crippen LogP contribution < -0.4 is 10.5 Å². The molecule has 1 rings (SSSR count). The second-order valence-corrected chi connectivity index (χ2v) is 4.91. The van der Waals surface area contributed by atoms with Gasteiger partial charge >= 0.3 is 0 Å². The topological polar surface area (TPSA) is 35.2 Å². The van der Waals surface area contributed by atoms with Crippen molar-refractivity contribution < 1.29 is 4.74 Å². The molecule has 0 bridgehead atoms. The molecule has 0 spiro atoms. The highest BCUT2D eigenvalue weighted by atomic mass is 16.5. The van der Waals surface area contributed by atoms with E-state index in [0.29, 0.717) is 6.61 Å². The van der Waals surface area contributed by atoms with Gasteiger partial charge in [0.2, 0.25) is 0 Å². The Balaban J connectivity index is 2.51. The monoisotopic (exact) mass is 207 g/mol. The van der Waals surface area contributed by atoms with Crippen molar-refractivity contribution >= 4 is 0 Å². The average molecular weight is 207 g/mol. The van der Waals surface area contributed by atoms with Crippen molar-refractivity contribution in [1.82, 2.24) is 0 Å². The number of rotatable bonds is 4. The van der Waals surface area contributed by atoms with Gasteiger partial charge in [0.15, 0.2) is 0 Å². The highest BCUT2D eigenvalue weighted by Gasteiger charge is 2.10. The Hall–Kier alpha value is -1.02. The van der Waals surface area contributed by atoms with Crippen LogP contribution in [-0.4, -0.2) is 12.1 Å². The van der Waals surface area contributed by atoms with Gasteiger partial charge in [0.25, 0.3) is 0 Å². The quantitative estimate of drug-likeness (QED) is 0.824. The molecule has 84 valence electrons. The first-order valence-corrected chi connectivity index (χ1v) is 5.37. The van der Waals surface area contributed by atoms with Gasteiger partial charge in [-0.15, -0.1) is 0 Å². The minimum Gasteiger partial charge on any atom is -0.494 e. The first-order valence-electron chi connectivity index (χ1n) is 5.37. The number of hydrogen-bond donors (Lipinski definition) is 1. The summed E-state index contributed by atoms with van der Waals surface area (Å²) in [7, 11) is 0. The van der Waals surface area contributed by atoms with Crippen LogP contribution in [0.5, 0.6) is 5.75 Å². The van der Waals surface area contributed by atoms with E-state index in [4.69, 9.17) is 10.5 Å². The molecule has 2 N–H and O–H groups in total. The van der Waals surface area contributed by atoms with Crippen LogP contribution in [0.25, 0.3) is 0 Å². The van der Waals surface area contributed by atoms with E-state index in [-0.39, 0.29) is 5.54 Å². The van der Waals surface area contributed by atoms with E-state index in [0.717, 1.165) is 12.2 Å². The maximum Gasteiger partial charge on any atom is 0.119 e. The summed E-state index contributed by atoms with van der Waals surface area (Å²) in [5.74, 6) is 0.941. The summed E-state index contributed by atoms with van der Waals surface area (Å²) in [6.45, 7) is 8.85. The molecule has 0 aliphatic rings. The average Bonchev–Trinajstić information content (AvgIpc) is 1.99. The van der Waals surface area contributed by atoms with Crippen LogP contribution in [0, 0.1) is 13.8 Å². The maximum atomic E-state index is 5.88. The van der Waals surface area contributed by atoms with E-state index in [1.165, 1.54) is 11.1 Å². The summed E-state index contributed by atoms with van der Waals surface area (Å²) in [6, 6.07) is 6.24. The zero-order chi connectivity index (χ0) is 11.5. The van der Waals surface area contributed by atoms with Gasteiger partial charge in [0.05, 0.1) is 6.61 Å². The van der Waals surface area contributed by atoms with Gasteiger partial charge < -0.3 is 10.5 Å². The summed E-state index contributed by atoms with van der Waals surface area (Å²) in [6.07, 6.45) is 0.861. The van der Waals surface area contributed by atoms with Crippen molar-refractivity contribution in [2.45, 2.75) is 39.7 Å². The Morgan fingerprint density at radius 1 is 1.13 bits per heavy atom. The lowest BCUT2D eigenvalue weighted by atomic mass is 10.0. The van der Waals surface area contributed by atoms with E-state index >= 15 is 0 Å². The molecule has 0 amide bonds. The van der Waals surface area contributed by atoms with Crippen molar-refractivity contribution in [2.24, 2.45) is 5.73 Å². The molecule has 0 unspecified atom stereocenters. The number of ether oxygens (including phenoxy) is 1. The molecule has 0 saturated carbocycles. The molecule has 0 aliphatic heterocycles. The highest BCUT2D eigenvalue weighted by molar-refractivity contribution is 5.32. The summed E-state index contributed by atoms with van der Waals surface area (Å²) in [4.78, 5) is 0. The fourth-order valence-electron chi connectivity index (χ4n) is 1.45. The van der Waals surface area contributed by atoms with Crippen LogP contribution in [0.3, 0.4) is 0 Å². The van der Waals surface area contributed by atoms with Crippen LogP contribution in [0.1, 0.15) is 31.4 Å². The summed E-state index contributed by atoms with van der Waals surface area (Å²) < 4.78 is 5.66. The van der Waals surface area contributed by atoms with Gasteiger partial charge in [-0.3, -0.25) is 0 Å². The number of benzene rings is 1. The lowest BCUT2D eigenvalue weighted by molar-refractivity contribution is 0.274. The summed E-state index contributed by atoms with van der Waals surface area (Å²) >= 11 is 0. The molecular weight excluding hydrogens is 186 g/mol. The molecule has 2 heteroatoms. The fourth-order valence-corrected chi connectivity index (χ4v) is 1.45. The normalized spacial score (nSPS) is 11.5. The minimum absolute atomic E-state index is 0.154. The van der Waals surface area contributed by atoms with E-state index in [1.807, 2.05) is 13.8 Å². The van der Waals surface area contributed by atoms with Crippen LogP contribution in [0.2, 0.25) is 0 Å². The molecule has 2 nitrogen and oxygen atoms in total. The predicted molar refractivity (Wildman–Crippen MR) is 64.3 cm³/mol. The number of nitrogens with two attached hydrogens (primary N) is 1. The van der Waals surface area contributed by atoms with Gasteiger partial charge in [-0.05, 0) is 57.4 Å². The van der Waals surface area contributed by atoms with Gasteiger partial charge in [-0.2, -0.15) is 0 Å². The van der Waals surface area contributed by atoms with Crippen molar-refractivity contribution in [3.8, 4) is 5.75 Å². The molecule has 0 atom stereocenters. The Morgan fingerprint density at radius 3 is 2.13 bits per heavy atom. The van der Waals surface area contributed by atoms with Crippen LogP contribution in [0.15, 0.2) is 18.2 Å². The maximum absolute atomic E-state index is 5.88. The van der Waals surface area contributed by atoms with Crippen LogP contribution >= 0.6 is 0 Å². The largest absolute Gasteiger partial charge is 0.494 e. The molecule has 1 aromatic rings. The van der Waals surface area contributed by atoms with Gasteiger partial charge in [0, 0.05) is 5.54 Å². The predicted octanol–water partition coefficient (Wildman–Crippen LogP) is 2.81. The first kappa shape index (κ1) is 12.1. The molecule has 0 aromatic heterocycles. The van der Waals surface area contributed by atoms with Crippen molar-refractivity contribution in [3.63, 3.8) is 0 Å². The van der Waals surface area contributed by atoms with Crippen LogP contribution in [0.4, 0.5) is 0 Å². The molecular formula is C13H21NO. The van der Waals surface area contributed by atoms with E-state index in [2.05, 4.69) is 32.0 Å². The van der Waals surface area contributed by atoms with E-state index < -0.39 is 0 Å². The molecule has 15 heavy (non-hydrogen) atoms. The van der Waals surface area contributed by atoms with Crippen molar-refractivity contribution in [3.05, 3.63) is 29.3 Å². The third-order valence-corrected chi connectivity index (χ3v) is 2.21. The second-order valence-electron chi connectivity index (χ2n) is 4.91. The van der Waals surface area contributed by atoms with E-state index in [1.54, 1.807) is 0 Å². The minimum atomic E-state index is -0.154. The Labute approximate surface area is 92.4 Å². The lowest BCUT2D eigenvalue weighted by Crippen LogP contribution is -2.33. The molecule has 1 aromatic carbocycles. The van der Waals surface area contributed by atoms with Crippen molar-refractivity contribution in [1.29, 1.82) is 0 Å². The molecule has 0 radical (unpaired) electrons. The zero-order valence-corrected chi connectivity index (χ0v) is 10.1.